The van der Waals surface area contributed by atoms with Crippen LogP contribution in [0.4, 0.5) is 36.8 Å². The Morgan fingerprint density at radius 2 is 1.72 bits per heavy atom. The Morgan fingerprint density at radius 3 is 2.28 bits per heavy atom. The Balaban J connectivity index is 2.08. The summed E-state index contributed by atoms with van der Waals surface area (Å²) in [5.74, 6) is 0.163. The molecule has 1 aromatic carbocycles. The van der Waals surface area contributed by atoms with E-state index in [-0.39, 0.29) is 36.9 Å². The van der Waals surface area contributed by atoms with Crippen molar-refractivity contribution < 1.29 is 40.9 Å². The number of urea groups is 1. The second-order valence-corrected chi connectivity index (χ2v) is 11.7. The van der Waals surface area contributed by atoms with Crippen molar-refractivity contribution in [2.45, 2.75) is 77.1 Å². The molecule has 0 saturated carbocycles. The minimum absolute atomic E-state index is 0.0666. The summed E-state index contributed by atoms with van der Waals surface area (Å²) >= 11 is 1.45. The van der Waals surface area contributed by atoms with Gasteiger partial charge < -0.3 is 4.90 Å². The number of hydrogen-bond acceptors (Lipinski definition) is 5. The average molecular weight is 586 g/mol. The minimum Gasteiger partial charge on any atom is -0.315 e. The standard InChI is InChI=1S/C25H33F6N3O4S/c1-23(2,9-3-4-12-39-13-5-10-24(26,27)28)15-18(8-11-33-16-21(35)32-22(33)36)17-6-7-20(34(37)38)19(14-17)25(29,30)31/h6-7,14,18H,3-5,8-13,15-16H2,1-2H3,(H,32,35,36). The lowest BCUT2D eigenvalue weighted by Crippen LogP contribution is -2.30. The SMILES string of the molecule is CC(C)(CCCCSCCCC(F)(F)F)CC(CCN1CC(=O)NC1=O)c1ccc([N+](=O)[O-])c(C(F)(F)F)c1. The van der Waals surface area contributed by atoms with E-state index in [4.69, 9.17) is 0 Å². The van der Waals surface area contributed by atoms with E-state index in [0.29, 0.717) is 24.3 Å². The number of carbonyl (C=O) groups excluding carboxylic acids is 2. The first-order valence-electron chi connectivity index (χ1n) is 12.6. The number of alkyl halides is 6. The maximum absolute atomic E-state index is 13.6. The van der Waals surface area contributed by atoms with Gasteiger partial charge in [0.15, 0.2) is 0 Å². The largest absolute Gasteiger partial charge is 0.423 e. The highest BCUT2D eigenvalue weighted by Gasteiger charge is 2.39. The summed E-state index contributed by atoms with van der Waals surface area (Å²) in [6.45, 7) is 3.88. The maximum atomic E-state index is 13.6. The molecule has 1 aliphatic rings. The average Bonchev–Trinajstić information content (AvgIpc) is 3.13. The number of nitro benzene ring substituents is 1. The zero-order valence-electron chi connectivity index (χ0n) is 21.8. The fourth-order valence-electron chi connectivity index (χ4n) is 4.61. The molecule has 7 nitrogen and oxygen atoms in total. The number of benzene rings is 1. The first-order chi connectivity index (χ1) is 18.0. The van der Waals surface area contributed by atoms with Gasteiger partial charge >= 0.3 is 18.4 Å². The highest BCUT2D eigenvalue weighted by Crippen LogP contribution is 2.42. The van der Waals surface area contributed by atoms with Crippen LogP contribution in [-0.4, -0.2) is 52.5 Å². The molecule has 1 fully saturated rings. The van der Waals surface area contributed by atoms with Crippen molar-refractivity contribution in [2.75, 3.05) is 24.6 Å². The van der Waals surface area contributed by atoms with E-state index < -0.39 is 52.8 Å². The number of nitro groups is 1. The molecular formula is C25H33F6N3O4S. The number of thioether (sulfide) groups is 1. The Hall–Kier alpha value is -2.51. The van der Waals surface area contributed by atoms with Crippen molar-refractivity contribution in [3.63, 3.8) is 0 Å². The molecular weight excluding hydrogens is 552 g/mol. The number of amides is 3. The van der Waals surface area contributed by atoms with E-state index in [2.05, 4.69) is 5.32 Å². The lowest BCUT2D eigenvalue weighted by atomic mass is 9.75. The van der Waals surface area contributed by atoms with Gasteiger partial charge in [0, 0.05) is 19.0 Å². The molecule has 0 bridgehead atoms. The molecule has 1 unspecified atom stereocenters. The summed E-state index contributed by atoms with van der Waals surface area (Å²) in [6.07, 6.45) is -6.92. The minimum atomic E-state index is -4.93. The Morgan fingerprint density at radius 1 is 1.05 bits per heavy atom. The van der Waals surface area contributed by atoms with Crippen LogP contribution in [0.2, 0.25) is 0 Å². The fourth-order valence-corrected chi connectivity index (χ4v) is 5.57. The van der Waals surface area contributed by atoms with Crippen LogP contribution in [0.1, 0.15) is 75.8 Å². The van der Waals surface area contributed by atoms with Crippen molar-refractivity contribution in [3.05, 3.63) is 39.4 Å². The van der Waals surface area contributed by atoms with Crippen LogP contribution in [0.15, 0.2) is 18.2 Å². The first kappa shape index (κ1) is 32.7. The highest BCUT2D eigenvalue weighted by atomic mass is 32.2. The number of nitrogens with zero attached hydrogens (tertiary/aromatic N) is 2. The van der Waals surface area contributed by atoms with Crippen LogP contribution >= 0.6 is 11.8 Å². The number of unbranched alkanes of at least 4 members (excludes halogenated alkanes) is 1. The molecule has 0 aliphatic carbocycles. The van der Waals surface area contributed by atoms with Crippen molar-refractivity contribution >= 4 is 29.4 Å². The number of halogens is 6. The summed E-state index contributed by atoms with van der Waals surface area (Å²) in [4.78, 5) is 34.9. The summed E-state index contributed by atoms with van der Waals surface area (Å²) < 4.78 is 77.6. The molecule has 1 aromatic rings. The Kier molecular flexibility index (Phi) is 11.5. The van der Waals surface area contributed by atoms with Crippen LogP contribution in [0.25, 0.3) is 0 Å². The molecule has 14 heteroatoms. The lowest BCUT2D eigenvalue weighted by Gasteiger charge is -2.31. The fraction of sp³-hybridized carbons (Fsp3) is 0.680. The van der Waals surface area contributed by atoms with Gasteiger partial charge in [0.05, 0.1) is 4.92 Å². The van der Waals surface area contributed by atoms with Crippen LogP contribution in [0, 0.1) is 15.5 Å². The maximum Gasteiger partial charge on any atom is 0.423 e. The molecule has 1 saturated heterocycles. The van der Waals surface area contributed by atoms with Crippen LogP contribution in [0.5, 0.6) is 0 Å². The molecule has 1 aliphatic heterocycles. The number of nitrogens with one attached hydrogen (secondary N) is 1. The normalized spacial score (nSPS) is 15.5. The number of rotatable bonds is 15. The van der Waals surface area contributed by atoms with Gasteiger partial charge in [-0.15, -0.1) is 0 Å². The van der Waals surface area contributed by atoms with Gasteiger partial charge in [0.2, 0.25) is 5.91 Å². The van der Waals surface area contributed by atoms with Gasteiger partial charge in [0.1, 0.15) is 12.1 Å². The summed E-state index contributed by atoms with van der Waals surface area (Å²) in [6, 6.07) is 2.37. The third kappa shape index (κ3) is 11.2. The van der Waals surface area contributed by atoms with Crippen molar-refractivity contribution in [1.29, 1.82) is 0 Å². The second-order valence-electron chi connectivity index (χ2n) is 10.4. The molecule has 1 N–H and O–H groups in total. The summed E-state index contributed by atoms with van der Waals surface area (Å²) in [7, 11) is 0. The van der Waals surface area contributed by atoms with E-state index in [1.807, 2.05) is 13.8 Å². The van der Waals surface area contributed by atoms with Crippen LogP contribution < -0.4 is 5.32 Å². The van der Waals surface area contributed by atoms with Gasteiger partial charge in [-0.25, -0.2) is 4.79 Å². The van der Waals surface area contributed by atoms with Crippen molar-refractivity contribution in [2.24, 2.45) is 5.41 Å². The smallest absolute Gasteiger partial charge is 0.315 e. The predicted molar refractivity (Wildman–Crippen MR) is 135 cm³/mol. The summed E-state index contributed by atoms with van der Waals surface area (Å²) in [5, 5.41) is 13.3. The van der Waals surface area contributed by atoms with Gasteiger partial charge in [0.25, 0.3) is 5.69 Å². The zero-order valence-corrected chi connectivity index (χ0v) is 22.6. The van der Waals surface area contributed by atoms with Gasteiger partial charge in [-0.05, 0) is 66.6 Å². The van der Waals surface area contributed by atoms with Crippen LogP contribution in [-0.2, 0) is 11.0 Å². The quantitative estimate of drug-likeness (QED) is 0.0767. The van der Waals surface area contributed by atoms with Crippen LogP contribution in [0.3, 0.4) is 0 Å². The van der Waals surface area contributed by atoms with E-state index in [0.717, 1.165) is 25.0 Å². The highest BCUT2D eigenvalue weighted by molar-refractivity contribution is 7.99. The third-order valence-corrected chi connectivity index (χ3v) is 7.70. The molecule has 220 valence electrons. The van der Waals surface area contributed by atoms with E-state index in [1.165, 1.54) is 22.7 Å². The van der Waals surface area contributed by atoms with Crippen molar-refractivity contribution in [1.82, 2.24) is 10.2 Å². The van der Waals surface area contributed by atoms with E-state index in [9.17, 15) is 46.0 Å². The molecule has 0 aromatic heterocycles. The Bertz CT molecular complexity index is 1020. The summed E-state index contributed by atoms with van der Waals surface area (Å²) in [5.41, 5.74) is -2.48. The molecule has 0 radical (unpaired) electrons. The zero-order chi connectivity index (χ0) is 29.4. The molecule has 39 heavy (non-hydrogen) atoms. The first-order valence-corrected chi connectivity index (χ1v) is 13.7. The predicted octanol–water partition coefficient (Wildman–Crippen LogP) is 7.30. The molecule has 3 amide bonds. The molecule has 2 rings (SSSR count). The lowest BCUT2D eigenvalue weighted by molar-refractivity contribution is -0.388. The third-order valence-electron chi connectivity index (χ3n) is 6.55. The monoisotopic (exact) mass is 585 g/mol. The number of imide groups is 1. The molecule has 0 spiro atoms. The van der Waals surface area contributed by atoms with Gasteiger partial charge in [-0.2, -0.15) is 38.1 Å². The van der Waals surface area contributed by atoms with E-state index in [1.54, 1.807) is 0 Å². The van der Waals surface area contributed by atoms with Gasteiger partial charge in [-0.3, -0.25) is 20.2 Å². The number of carbonyl (C=O) groups is 2. The van der Waals surface area contributed by atoms with Crippen molar-refractivity contribution in [3.8, 4) is 0 Å². The number of hydrogen-bond donors (Lipinski definition) is 1. The topological polar surface area (TPSA) is 92.6 Å². The van der Waals surface area contributed by atoms with E-state index >= 15 is 0 Å². The molecule has 1 heterocycles. The van der Waals surface area contributed by atoms with Gasteiger partial charge in [-0.1, -0.05) is 26.3 Å². The second kappa shape index (κ2) is 13.7. The Labute approximate surface area is 227 Å². The molecule has 1 atom stereocenters.